The fraction of sp³-hybridized carbons (Fsp3) is 0.698. The molecule has 3 amide bonds. The number of hydrogen-bond acceptors (Lipinski definition) is 8. The summed E-state index contributed by atoms with van der Waals surface area (Å²) >= 11 is 0. The highest BCUT2D eigenvalue weighted by Gasteiger charge is 2.46. The second-order valence-electron chi connectivity index (χ2n) is 18.5. The van der Waals surface area contributed by atoms with Crippen molar-refractivity contribution in [2.45, 2.75) is 168 Å². The number of alkyl carbamates (subject to hydrolysis) is 1. The number of nitrogens with two attached hydrogens (primary N) is 1. The molecule has 1 aromatic rings. The molecule has 3 rings (SSSR count). The van der Waals surface area contributed by atoms with Gasteiger partial charge in [-0.15, -0.1) is 0 Å². The van der Waals surface area contributed by atoms with Crippen LogP contribution in [0.1, 0.15) is 132 Å². The summed E-state index contributed by atoms with van der Waals surface area (Å²) < 4.78 is 5.52. The van der Waals surface area contributed by atoms with Gasteiger partial charge in [0.25, 0.3) is 0 Å². The zero-order chi connectivity index (χ0) is 41.1. The molecule has 308 valence electrons. The Morgan fingerprint density at radius 2 is 1.65 bits per heavy atom. The predicted octanol–water partition coefficient (Wildman–Crippen LogP) is 6.93. The van der Waals surface area contributed by atoms with Crippen molar-refractivity contribution in [2.24, 2.45) is 23.5 Å². The highest BCUT2D eigenvalue weighted by Crippen LogP contribution is 2.41. The fourth-order valence-corrected chi connectivity index (χ4v) is 8.34. The van der Waals surface area contributed by atoms with Gasteiger partial charge >= 0.3 is 6.09 Å². The van der Waals surface area contributed by atoms with Crippen LogP contribution in [0, 0.1) is 23.2 Å². The number of rotatable bonds is 18. The number of nitrogens with zero attached hydrogens (tertiary/aromatic N) is 2. The number of Topliss-reactive ketones (excluding diaryl/α,β-unsaturated/α-hetero) is 1. The van der Waals surface area contributed by atoms with E-state index in [-0.39, 0.29) is 47.7 Å². The third kappa shape index (κ3) is 14.7. The van der Waals surface area contributed by atoms with Gasteiger partial charge in [0.1, 0.15) is 11.6 Å². The number of likely N-dealkylation sites (tertiary alicyclic amines) is 1. The van der Waals surface area contributed by atoms with Crippen LogP contribution in [0.2, 0.25) is 0 Å². The van der Waals surface area contributed by atoms with Crippen LogP contribution in [-0.2, 0) is 25.5 Å². The molecule has 2 fully saturated rings. The van der Waals surface area contributed by atoms with E-state index in [1.807, 2.05) is 91.0 Å². The van der Waals surface area contributed by atoms with Crippen LogP contribution >= 0.6 is 0 Å². The van der Waals surface area contributed by atoms with Crippen LogP contribution < -0.4 is 16.4 Å². The summed E-state index contributed by atoms with van der Waals surface area (Å²) in [6.45, 7) is 17.9. The Hall–Kier alpha value is -3.77. The normalized spacial score (nSPS) is 20.6. The number of carbonyl (C=O) groups excluding carboxylic acids is 4. The number of nitrogens with one attached hydrogen (secondary N) is 3. The zero-order valence-corrected chi connectivity index (χ0v) is 35.0. The van der Waals surface area contributed by atoms with E-state index in [1.54, 1.807) is 4.90 Å². The second kappa shape index (κ2) is 19.9. The van der Waals surface area contributed by atoms with Gasteiger partial charge in [-0.2, -0.15) is 5.06 Å². The summed E-state index contributed by atoms with van der Waals surface area (Å²) in [7, 11) is 0. The molecule has 6 N–H and O–H groups in total. The lowest BCUT2D eigenvalue weighted by molar-refractivity contribution is -0.251. The topological polar surface area (TPSA) is 178 Å². The maximum Gasteiger partial charge on any atom is 0.408 e. The summed E-state index contributed by atoms with van der Waals surface area (Å²) in [6.07, 6.45) is 9.00. The van der Waals surface area contributed by atoms with E-state index in [0.29, 0.717) is 70.8 Å². The van der Waals surface area contributed by atoms with E-state index in [9.17, 15) is 24.4 Å². The molecule has 12 heteroatoms. The molecule has 2 saturated heterocycles. The number of ketones is 1. The van der Waals surface area contributed by atoms with Crippen molar-refractivity contribution in [1.29, 1.82) is 5.41 Å². The molecular weight excluding hydrogens is 697 g/mol. The average molecular weight is 767 g/mol. The molecule has 0 spiro atoms. The van der Waals surface area contributed by atoms with Gasteiger partial charge in [0.05, 0.1) is 23.8 Å². The quantitative estimate of drug-likeness (QED) is 0.0462. The van der Waals surface area contributed by atoms with Crippen molar-refractivity contribution in [3.05, 3.63) is 48.0 Å². The van der Waals surface area contributed by atoms with Gasteiger partial charge in [-0.3, -0.25) is 19.8 Å². The minimum Gasteiger partial charge on any atom is -0.444 e. The Morgan fingerprint density at radius 3 is 2.24 bits per heavy atom. The van der Waals surface area contributed by atoms with Gasteiger partial charge in [-0.1, -0.05) is 62.8 Å². The van der Waals surface area contributed by atoms with Crippen LogP contribution in [0.3, 0.4) is 0 Å². The van der Waals surface area contributed by atoms with Crippen LogP contribution in [0.5, 0.6) is 0 Å². The molecule has 0 saturated carbocycles. The third-order valence-electron chi connectivity index (χ3n) is 10.6. The maximum absolute atomic E-state index is 14.5. The first-order chi connectivity index (χ1) is 25.6. The lowest BCUT2D eigenvalue weighted by Gasteiger charge is -2.51. The van der Waals surface area contributed by atoms with E-state index in [0.717, 1.165) is 5.56 Å². The monoisotopic (exact) mass is 767 g/mol. The molecule has 55 heavy (non-hydrogen) atoms. The lowest BCUT2D eigenvalue weighted by atomic mass is 9.73. The summed E-state index contributed by atoms with van der Waals surface area (Å²) in [4.78, 5) is 57.0. The largest absolute Gasteiger partial charge is 0.444 e. The van der Waals surface area contributed by atoms with Crippen LogP contribution in [-0.4, -0.2) is 86.0 Å². The van der Waals surface area contributed by atoms with Gasteiger partial charge in [0.15, 0.2) is 5.78 Å². The summed E-state index contributed by atoms with van der Waals surface area (Å²) in [6, 6.07) is 7.90. The first-order valence-electron chi connectivity index (χ1n) is 20.3. The zero-order valence-electron chi connectivity index (χ0n) is 35.0. The minimum absolute atomic E-state index is 0.0249. The van der Waals surface area contributed by atoms with E-state index in [2.05, 4.69) is 24.5 Å². The Balaban J connectivity index is 1.83. The second-order valence-corrected chi connectivity index (χ2v) is 18.5. The number of unbranched alkanes of at least 4 members (excludes halogenated alkanes) is 1. The SMILES string of the molecule is CC(C)C[C@@H](/C=C/[C@H](Cc1ccccc1)C(=O)N1CCC[C@H]1C(=O)N[C@@H](CCCCC(=N)N)C(=O)CC1CC(C)(C)N(O)C(C)(C)C1)NC(=O)OC(C)(C)C. The molecule has 0 aliphatic carbocycles. The first kappa shape index (κ1) is 45.6. The van der Waals surface area contributed by atoms with Crippen molar-refractivity contribution in [2.75, 3.05) is 6.54 Å². The molecule has 0 unspecified atom stereocenters. The van der Waals surface area contributed by atoms with Crippen LogP contribution in [0.4, 0.5) is 4.79 Å². The molecular formula is C43H70N6O6. The van der Waals surface area contributed by atoms with E-state index in [1.165, 1.54) is 5.06 Å². The van der Waals surface area contributed by atoms with Crippen molar-refractivity contribution in [1.82, 2.24) is 20.6 Å². The summed E-state index contributed by atoms with van der Waals surface area (Å²) in [5.74, 6) is -0.804. The number of benzene rings is 1. The first-order valence-corrected chi connectivity index (χ1v) is 20.3. The molecule has 0 bridgehead atoms. The number of hydrogen-bond donors (Lipinski definition) is 5. The van der Waals surface area contributed by atoms with Crippen LogP contribution in [0.25, 0.3) is 0 Å². The number of amides is 3. The Bertz CT molecular complexity index is 1470. The number of amidine groups is 1. The predicted molar refractivity (Wildman–Crippen MR) is 217 cm³/mol. The number of hydroxylamine groups is 2. The van der Waals surface area contributed by atoms with Gasteiger partial charge in [0.2, 0.25) is 11.8 Å². The standard InChI is InChI=1S/C43H70N6O6/c1-29(2)24-33(46-40(53)55-41(3,4)5)22-21-32(25-30-16-11-10-12-17-30)39(52)48-23-15-19-35(48)38(51)47-34(18-13-14-20-37(44)45)36(50)26-31-27-42(6,7)49(54)43(8,9)28-31/h10-12,16-17,21-22,29,31-35,54H,13-15,18-20,23-28H2,1-9H3,(H3,44,45)(H,46,53)(H,47,51)/b22-21+/t32-,33-,34+,35+/m1/s1. The molecule has 2 heterocycles. The van der Waals surface area contributed by atoms with Crippen LogP contribution in [0.15, 0.2) is 42.5 Å². The molecule has 4 atom stereocenters. The maximum atomic E-state index is 14.5. The highest BCUT2D eigenvalue weighted by atomic mass is 16.6. The molecule has 1 aromatic carbocycles. The van der Waals surface area contributed by atoms with Gasteiger partial charge in [-0.05, 0) is 117 Å². The number of ether oxygens (including phenoxy) is 1. The average Bonchev–Trinajstić information content (AvgIpc) is 3.56. The van der Waals surface area contributed by atoms with Crippen molar-refractivity contribution in [3.8, 4) is 0 Å². The summed E-state index contributed by atoms with van der Waals surface area (Å²) in [5, 5.41) is 25.9. The molecule has 2 aliphatic rings. The molecule has 12 nitrogen and oxygen atoms in total. The van der Waals surface area contributed by atoms with Gasteiger partial charge in [-0.25, -0.2) is 4.79 Å². The third-order valence-corrected chi connectivity index (χ3v) is 10.6. The van der Waals surface area contributed by atoms with E-state index in [4.69, 9.17) is 15.9 Å². The van der Waals surface area contributed by atoms with E-state index >= 15 is 0 Å². The number of carbonyl (C=O) groups is 4. The molecule has 0 radical (unpaired) electrons. The highest BCUT2D eigenvalue weighted by molar-refractivity contribution is 5.94. The van der Waals surface area contributed by atoms with E-state index < -0.39 is 40.8 Å². The van der Waals surface area contributed by atoms with Gasteiger partial charge < -0.3 is 31.2 Å². The van der Waals surface area contributed by atoms with Crippen molar-refractivity contribution in [3.63, 3.8) is 0 Å². The smallest absolute Gasteiger partial charge is 0.408 e. The molecule has 0 aromatic heterocycles. The van der Waals surface area contributed by atoms with Crippen molar-refractivity contribution < 1.29 is 29.1 Å². The fourth-order valence-electron chi connectivity index (χ4n) is 8.34. The minimum atomic E-state index is -0.744. The Labute approximate surface area is 329 Å². The molecule has 2 aliphatic heterocycles. The van der Waals surface area contributed by atoms with Crippen molar-refractivity contribution >= 4 is 29.5 Å². The Morgan fingerprint density at radius 1 is 1.02 bits per heavy atom. The lowest BCUT2D eigenvalue weighted by Crippen LogP contribution is -2.59. The summed E-state index contributed by atoms with van der Waals surface area (Å²) in [5.41, 5.74) is 4.89. The van der Waals surface area contributed by atoms with Gasteiger partial charge in [0, 0.05) is 30.5 Å². The Kier molecular flexibility index (Phi) is 16.5. The number of piperidine rings is 1.